The van der Waals surface area contributed by atoms with E-state index in [-0.39, 0.29) is 59.4 Å². The van der Waals surface area contributed by atoms with Gasteiger partial charge in [-0.15, -0.1) is 0 Å². The molecule has 5 nitrogen and oxygen atoms in total. The molecule has 0 aromatic rings. The van der Waals surface area contributed by atoms with Crippen LogP contribution in [0.4, 0.5) is 4.39 Å². The Labute approximate surface area is 191 Å². The maximum absolute atomic E-state index is 14.0. The minimum absolute atomic E-state index is 0.00313. The van der Waals surface area contributed by atoms with Crippen molar-refractivity contribution < 1.29 is 29.6 Å². The molecule has 4 aliphatic rings. The molecule has 0 amide bonds. The summed E-state index contributed by atoms with van der Waals surface area (Å²) in [5.74, 6) is -0.619. The molecule has 2 unspecified atom stereocenters. The van der Waals surface area contributed by atoms with Crippen molar-refractivity contribution in [2.24, 2.45) is 52.3 Å². The van der Waals surface area contributed by atoms with Crippen LogP contribution in [0.5, 0.6) is 0 Å². The van der Waals surface area contributed by atoms with E-state index in [2.05, 4.69) is 20.8 Å². The number of hydrogen-bond acceptors (Lipinski definition) is 4. The summed E-state index contributed by atoms with van der Waals surface area (Å²) >= 11 is 0. The van der Waals surface area contributed by atoms with Gasteiger partial charge >= 0.3 is 5.97 Å². The van der Waals surface area contributed by atoms with Gasteiger partial charge in [0.15, 0.2) is 6.17 Å². The maximum atomic E-state index is 14.0. The van der Waals surface area contributed by atoms with Crippen LogP contribution >= 0.6 is 0 Å². The fraction of sp³-hybridized carbons (Fsp3) is 0.962. The van der Waals surface area contributed by atoms with Gasteiger partial charge in [-0.3, -0.25) is 0 Å². The Balaban J connectivity index is 1.66. The lowest BCUT2D eigenvalue weighted by atomic mass is 9.41. The molecule has 184 valence electrons. The average molecular weight is 455 g/mol. The van der Waals surface area contributed by atoms with Gasteiger partial charge in [0, 0.05) is 0 Å². The molecule has 4 saturated carbocycles. The van der Waals surface area contributed by atoms with Crippen LogP contribution < -0.4 is 0 Å². The molecule has 0 saturated heterocycles. The average Bonchev–Trinajstić information content (AvgIpc) is 3.09. The Morgan fingerprint density at radius 3 is 2.38 bits per heavy atom. The third kappa shape index (κ3) is 3.46. The van der Waals surface area contributed by atoms with E-state index in [9.17, 15) is 24.5 Å². The molecule has 0 bridgehead atoms. The second kappa shape index (κ2) is 8.49. The summed E-state index contributed by atoms with van der Waals surface area (Å²) < 4.78 is 14.0. The van der Waals surface area contributed by atoms with E-state index < -0.39 is 29.8 Å². The minimum atomic E-state index is -1.88. The van der Waals surface area contributed by atoms with Crippen molar-refractivity contribution in [3.63, 3.8) is 0 Å². The molecule has 0 aliphatic heterocycles. The Hall–Kier alpha value is -0.720. The predicted molar refractivity (Wildman–Crippen MR) is 119 cm³/mol. The lowest BCUT2D eigenvalue weighted by Gasteiger charge is -2.65. The first kappa shape index (κ1) is 24.4. The van der Waals surface area contributed by atoms with Crippen molar-refractivity contribution in [1.82, 2.24) is 0 Å². The van der Waals surface area contributed by atoms with E-state index in [1.54, 1.807) is 0 Å². The van der Waals surface area contributed by atoms with Gasteiger partial charge in [-0.2, -0.15) is 0 Å². The molecule has 4 fully saturated rings. The number of alkyl halides is 1. The van der Waals surface area contributed by atoms with E-state index in [4.69, 9.17) is 5.11 Å². The summed E-state index contributed by atoms with van der Waals surface area (Å²) in [5, 5.41) is 42.7. The zero-order valence-corrected chi connectivity index (χ0v) is 20.1. The van der Waals surface area contributed by atoms with Gasteiger partial charge in [0.2, 0.25) is 0 Å². The van der Waals surface area contributed by atoms with Crippen LogP contribution in [0.25, 0.3) is 0 Å². The van der Waals surface area contributed by atoms with E-state index >= 15 is 0 Å². The van der Waals surface area contributed by atoms with Crippen LogP contribution in [0, 0.1) is 52.3 Å². The molecule has 0 aromatic carbocycles. The predicted octanol–water partition coefficient (Wildman–Crippen LogP) is 4.03. The van der Waals surface area contributed by atoms with Crippen LogP contribution in [0.1, 0.15) is 79.1 Å². The topological polar surface area (TPSA) is 98.0 Å². The van der Waals surface area contributed by atoms with Crippen molar-refractivity contribution in [2.45, 2.75) is 104 Å². The van der Waals surface area contributed by atoms with E-state index in [0.29, 0.717) is 6.42 Å². The number of aliphatic hydroxyl groups is 3. The van der Waals surface area contributed by atoms with Gasteiger partial charge in [-0.05, 0) is 97.2 Å². The third-order valence-electron chi connectivity index (χ3n) is 11.1. The number of aliphatic carboxylic acids is 1. The third-order valence-corrected chi connectivity index (χ3v) is 11.1. The van der Waals surface area contributed by atoms with Gasteiger partial charge < -0.3 is 20.4 Å². The Morgan fingerprint density at radius 2 is 1.75 bits per heavy atom. The van der Waals surface area contributed by atoms with Gasteiger partial charge in [0.1, 0.15) is 0 Å². The normalized spacial score (nSPS) is 52.4. The number of hydrogen-bond donors (Lipinski definition) is 4. The molecular weight excluding hydrogens is 411 g/mol. The monoisotopic (exact) mass is 454 g/mol. The van der Waals surface area contributed by atoms with Gasteiger partial charge in [0.05, 0.1) is 18.3 Å². The molecule has 0 radical (unpaired) electrons. The summed E-state index contributed by atoms with van der Waals surface area (Å²) in [6, 6.07) is 0. The smallest absolute Gasteiger partial charge is 0.338 e. The molecule has 4 rings (SSSR count). The number of carboxylic acids is 1. The van der Waals surface area contributed by atoms with Crippen molar-refractivity contribution >= 4 is 5.97 Å². The molecule has 4 N–H and O–H groups in total. The van der Waals surface area contributed by atoms with Crippen LogP contribution in [-0.2, 0) is 4.79 Å². The second-order valence-electron chi connectivity index (χ2n) is 12.2. The highest BCUT2D eigenvalue weighted by Crippen LogP contribution is 2.69. The van der Waals surface area contributed by atoms with E-state index in [1.807, 2.05) is 6.92 Å². The van der Waals surface area contributed by atoms with Crippen molar-refractivity contribution in [3.8, 4) is 0 Å². The number of fused-ring (bicyclic) bond motifs is 5. The second-order valence-corrected chi connectivity index (χ2v) is 12.2. The zero-order valence-electron chi connectivity index (χ0n) is 20.1. The lowest BCUT2D eigenvalue weighted by molar-refractivity contribution is -0.228. The number of rotatable bonds is 5. The van der Waals surface area contributed by atoms with Crippen molar-refractivity contribution in [3.05, 3.63) is 0 Å². The maximum Gasteiger partial charge on any atom is 0.338 e. The van der Waals surface area contributed by atoms with Crippen LogP contribution in [0.3, 0.4) is 0 Å². The van der Waals surface area contributed by atoms with Crippen LogP contribution in [-0.4, -0.2) is 50.9 Å². The number of carboxylic acid groups (broad SMARTS) is 1. The van der Waals surface area contributed by atoms with Crippen LogP contribution in [0.15, 0.2) is 0 Å². The molecular formula is C26H43FO5. The highest BCUT2D eigenvalue weighted by atomic mass is 19.1. The number of halogens is 1. The summed E-state index contributed by atoms with van der Waals surface area (Å²) in [7, 11) is 0. The minimum Gasteiger partial charge on any atom is -0.479 e. The zero-order chi connectivity index (χ0) is 23.6. The van der Waals surface area contributed by atoms with Gasteiger partial charge in [-0.1, -0.05) is 34.1 Å². The summed E-state index contributed by atoms with van der Waals surface area (Å²) in [6.07, 6.45) is 2.51. The molecule has 4 aliphatic carbocycles. The highest BCUT2D eigenvalue weighted by Gasteiger charge is 2.67. The molecule has 6 heteroatoms. The Morgan fingerprint density at radius 1 is 1.06 bits per heavy atom. The first-order chi connectivity index (χ1) is 15.0. The SMILES string of the molecule is CC[C@H]1[C@@H](O)[C@H]2C3CC[C@H]([C@H](C)C[C@H](F)C(=O)O)[C@@]3(C)[C@@H](O)CC2[C@@]2(C)CC[C@@H](O)C[C@@H]12. The standard InChI is InChI=1S/C26H43FO5/c1-5-15-18-11-14(28)8-9-25(18,3)19-12-21(29)26(4)16(13(2)10-20(27)24(31)32)6-7-17(26)22(19)23(15)30/h13-23,28-30H,5-12H2,1-4H3,(H,31,32)/t13-,14-,15-,16-,17?,18+,19?,20+,21+,22+,23-,25+,26-/m1/s1. The number of carbonyl (C=O) groups is 1. The largest absolute Gasteiger partial charge is 0.479 e. The van der Waals surface area contributed by atoms with Crippen molar-refractivity contribution in [1.29, 1.82) is 0 Å². The first-order valence-corrected chi connectivity index (χ1v) is 12.9. The molecule has 13 atom stereocenters. The Kier molecular flexibility index (Phi) is 6.48. The summed E-state index contributed by atoms with van der Waals surface area (Å²) in [4.78, 5) is 11.1. The summed E-state index contributed by atoms with van der Waals surface area (Å²) in [5.41, 5.74) is -0.432. The fourth-order valence-electron chi connectivity index (χ4n) is 9.48. The molecule has 0 aromatic heterocycles. The van der Waals surface area contributed by atoms with Gasteiger partial charge in [-0.25, -0.2) is 9.18 Å². The first-order valence-electron chi connectivity index (χ1n) is 12.9. The van der Waals surface area contributed by atoms with E-state index in [1.165, 1.54) is 0 Å². The highest BCUT2D eigenvalue weighted by molar-refractivity contribution is 5.72. The fourth-order valence-corrected chi connectivity index (χ4v) is 9.48. The molecule has 0 spiro atoms. The lowest BCUT2D eigenvalue weighted by Crippen LogP contribution is -2.65. The summed E-state index contributed by atoms with van der Waals surface area (Å²) in [6.45, 7) is 8.52. The molecule has 0 heterocycles. The quantitative estimate of drug-likeness (QED) is 0.503. The van der Waals surface area contributed by atoms with Crippen LogP contribution in [0.2, 0.25) is 0 Å². The van der Waals surface area contributed by atoms with Crippen molar-refractivity contribution in [2.75, 3.05) is 0 Å². The van der Waals surface area contributed by atoms with Gasteiger partial charge in [0.25, 0.3) is 0 Å². The Bertz CT molecular complexity index is 716. The number of aliphatic hydroxyl groups excluding tert-OH is 3. The van der Waals surface area contributed by atoms with E-state index in [0.717, 1.165) is 38.5 Å². The molecule has 32 heavy (non-hydrogen) atoms.